The Hall–Kier alpha value is -2.15. The molecule has 80 valence electrons. The van der Waals surface area contributed by atoms with E-state index >= 15 is 0 Å². The molecule has 0 bridgehead atoms. The van der Waals surface area contributed by atoms with Crippen LogP contribution >= 0.6 is 0 Å². The van der Waals surface area contributed by atoms with E-state index in [9.17, 15) is 8.78 Å². The van der Waals surface area contributed by atoms with Gasteiger partial charge in [-0.25, -0.2) is 8.78 Å². The van der Waals surface area contributed by atoms with E-state index in [1.54, 1.807) is 22.9 Å². The van der Waals surface area contributed by atoms with Crippen molar-refractivity contribution >= 4 is 0 Å². The van der Waals surface area contributed by atoms with Crippen LogP contribution in [0.15, 0.2) is 36.5 Å². The molecular weight excluding hydrogens is 210 g/mol. The maximum absolute atomic E-state index is 13.4. The third-order valence-corrected chi connectivity index (χ3v) is 2.32. The first-order chi connectivity index (χ1) is 7.72. The number of nitriles is 1. The van der Waals surface area contributed by atoms with Crippen LogP contribution < -0.4 is 0 Å². The fourth-order valence-corrected chi connectivity index (χ4v) is 1.51. The van der Waals surface area contributed by atoms with Crippen LogP contribution in [-0.2, 0) is 6.54 Å². The lowest BCUT2D eigenvalue weighted by atomic mass is 10.2. The highest BCUT2D eigenvalue weighted by atomic mass is 19.2. The molecule has 0 fully saturated rings. The van der Waals surface area contributed by atoms with Crippen LogP contribution in [0.25, 0.3) is 0 Å². The normalized spacial score (nSPS) is 10.1. The Bertz CT molecular complexity index is 552. The molecule has 0 aliphatic heterocycles. The second kappa shape index (κ2) is 4.15. The molecule has 16 heavy (non-hydrogen) atoms. The van der Waals surface area contributed by atoms with Crippen molar-refractivity contribution < 1.29 is 8.78 Å². The molecule has 0 N–H and O–H groups in total. The Morgan fingerprint density at radius 1 is 1.19 bits per heavy atom. The molecular formula is C12H8F2N2. The van der Waals surface area contributed by atoms with Crippen molar-refractivity contribution in [2.75, 3.05) is 0 Å². The summed E-state index contributed by atoms with van der Waals surface area (Å²) in [6.45, 7) is 0.152. The average Bonchev–Trinajstić information content (AvgIpc) is 2.72. The third kappa shape index (κ3) is 1.80. The first-order valence-corrected chi connectivity index (χ1v) is 4.70. The second-order valence-electron chi connectivity index (χ2n) is 3.35. The topological polar surface area (TPSA) is 28.7 Å². The van der Waals surface area contributed by atoms with Crippen molar-refractivity contribution in [1.82, 2.24) is 4.57 Å². The summed E-state index contributed by atoms with van der Waals surface area (Å²) in [5, 5.41) is 8.77. The van der Waals surface area contributed by atoms with E-state index in [1.807, 2.05) is 6.07 Å². The van der Waals surface area contributed by atoms with Crippen molar-refractivity contribution in [3.8, 4) is 6.07 Å². The fourth-order valence-electron chi connectivity index (χ4n) is 1.51. The summed E-state index contributed by atoms with van der Waals surface area (Å²) >= 11 is 0. The molecule has 2 aromatic rings. The lowest BCUT2D eigenvalue weighted by molar-refractivity contribution is 0.495. The van der Waals surface area contributed by atoms with Crippen LogP contribution in [0.2, 0.25) is 0 Å². The molecule has 0 unspecified atom stereocenters. The molecule has 1 heterocycles. The fraction of sp³-hybridized carbons (Fsp3) is 0.0833. The average molecular weight is 218 g/mol. The molecule has 1 aromatic heterocycles. The van der Waals surface area contributed by atoms with Gasteiger partial charge in [0.05, 0.1) is 6.54 Å². The first-order valence-electron chi connectivity index (χ1n) is 4.70. The smallest absolute Gasteiger partial charge is 0.163 e. The molecule has 0 saturated heterocycles. The van der Waals surface area contributed by atoms with Gasteiger partial charge < -0.3 is 4.57 Å². The Labute approximate surface area is 91.4 Å². The van der Waals surface area contributed by atoms with E-state index < -0.39 is 11.6 Å². The maximum atomic E-state index is 13.4. The van der Waals surface area contributed by atoms with Gasteiger partial charge in [0.1, 0.15) is 11.8 Å². The van der Waals surface area contributed by atoms with Gasteiger partial charge in [0.2, 0.25) is 0 Å². The zero-order valence-electron chi connectivity index (χ0n) is 8.32. The van der Waals surface area contributed by atoms with E-state index in [-0.39, 0.29) is 12.1 Å². The van der Waals surface area contributed by atoms with Crippen LogP contribution in [0, 0.1) is 23.0 Å². The largest absolute Gasteiger partial charge is 0.335 e. The number of rotatable bonds is 2. The van der Waals surface area contributed by atoms with E-state index in [0.717, 1.165) is 6.07 Å². The van der Waals surface area contributed by atoms with Gasteiger partial charge in [-0.3, -0.25) is 0 Å². The van der Waals surface area contributed by atoms with E-state index in [0.29, 0.717) is 5.69 Å². The molecule has 0 aliphatic carbocycles. The SMILES string of the molecule is N#Cc1cccn1Cc1cccc(F)c1F. The summed E-state index contributed by atoms with van der Waals surface area (Å²) in [6, 6.07) is 9.31. The van der Waals surface area contributed by atoms with E-state index in [4.69, 9.17) is 5.26 Å². The van der Waals surface area contributed by atoms with E-state index in [1.165, 1.54) is 12.1 Å². The van der Waals surface area contributed by atoms with Crippen molar-refractivity contribution in [3.63, 3.8) is 0 Å². The van der Waals surface area contributed by atoms with Gasteiger partial charge in [0.15, 0.2) is 11.6 Å². The van der Waals surface area contributed by atoms with Crippen LogP contribution in [0.3, 0.4) is 0 Å². The minimum Gasteiger partial charge on any atom is -0.335 e. The highest BCUT2D eigenvalue weighted by molar-refractivity contribution is 5.25. The van der Waals surface area contributed by atoms with Gasteiger partial charge >= 0.3 is 0 Å². The minimum atomic E-state index is -0.872. The first kappa shape index (κ1) is 10.4. The molecule has 2 nitrogen and oxygen atoms in total. The molecule has 0 radical (unpaired) electrons. The summed E-state index contributed by atoms with van der Waals surface area (Å²) in [7, 11) is 0. The Morgan fingerprint density at radius 3 is 2.75 bits per heavy atom. The number of hydrogen-bond donors (Lipinski definition) is 0. The van der Waals surface area contributed by atoms with Gasteiger partial charge in [0, 0.05) is 11.8 Å². The summed E-state index contributed by atoms with van der Waals surface area (Å²) in [6.07, 6.45) is 1.66. The van der Waals surface area contributed by atoms with Gasteiger partial charge in [-0.15, -0.1) is 0 Å². The highest BCUT2D eigenvalue weighted by Gasteiger charge is 2.09. The highest BCUT2D eigenvalue weighted by Crippen LogP contribution is 2.14. The molecule has 0 saturated carbocycles. The predicted molar refractivity (Wildman–Crippen MR) is 54.6 cm³/mol. The molecule has 0 aliphatic rings. The summed E-state index contributed by atoms with van der Waals surface area (Å²) in [4.78, 5) is 0. The van der Waals surface area contributed by atoms with Gasteiger partial charge in [-0.2, -0.15) is 5.26 Å². The molecule has 0 amide bonds. The Kier molecular flexibility index (Phi) is 2.69. The quantitative estimate of drug-likeness (QED) is 0.761. The lowest BCUT2D eigenvalue weighted by Gasteiger charge is -2.06. The monoisotopic (exact) mass is 218 g/mol. The predicted octanol–water partition coefficient (Wildman–Crippen LogP) is 2.69. The number of halogens is 2. The van der Waals surface area contributed by atoms with Crippen molar-refractivity contribution in [3.05, 3.63) is 59.4 Å². The number of nitrogens with zero attached hydrogens (tertiary/aromatic N) is 2. The van der Waals surface area contributed by atoms with Crippen molar-refractivity contribution in [1.29, 1.82) is 5.26 Å². The van der Waals surface area contributed by atoms with Crippen molar-refractivity contribution in [2.45, 2.75) is 6.54 Å². The van der Waals surface area contributed by atoms with Crippen LogP contribution in [-0.4, -0.2) is 4.57 Å². The van der Waals surface area contributed by atoms with Crippen molar-refractivity contribution in [2.24, 2.45) is 0 Å². The number of hydrogen-bond acceptors (Lipinski definition) is 1. The number of benzene rings is 1. The van der Waals surface area contributed by atoms with Crippen LogP contribution in [0.4, 0.5) is 8.78 Å². The molecule has 2 rings (SSSR count). The Morgan fingerprint density at radius 2 is 2.00 bits per heavy atom. The zero-order valence-corrected chi connectivity index (χ0v) is 8.32. The summed E-state index contributed by atoms with van der Waals surface area (Å²) in [5.74, 6) is -1.73. The lowest BCUT2D eigenvalue weighted by Crippen LogP contribution is -2.03. The van der Waals surface area contributed by atoms with Gasteiger partial charge in [0.25, 0.3) is 0 Å². The van der Waals surface area contributed by atoms with Gasteiger partial charge in [-0.05, 0) is 18.2 Å². The summed E-state index contributed by atoms with van der Waals surface area (Å²) < 4.78 is 27.9. The van der Waals surface area contributed by atoms with Crippen LogP contribution in [0.1, 0.15) is 11.3 Å². The standard InChI is InChI=1S/C12H8F2N2/c13-11-5-1-3-9(12(11)14)8-16-6-2-4-10(16)7-15/h1-6H,8H2. The third-order valence-electron chi connectivity index (χ3n) is 2.32. The maximum Gasteiger partial charge on any atom is 0.163 e. The van der Waals surface area contributed by atoms with Gasteiger partial charge in [-0.1, -0.05) is 12.1 Å². The molecule has 1 aromatic carbocycles. The molecule has 0 spiro atoms. The second-order valence-corrected chi connectivity index (χ2v) is 3.35. The minimum absolute atomic E-state index is 0.152. The summed E-state index contributed by atoms with van der Waals surface area (Å²) in [5.41, 5.74) is 0.649. The zero-order chi connectivity index (χ0) is 11.5. The molecule has 4 heteroatoms. The Balaban J connectivity index is 2.35. The van der Waals surface area contributed by atoms with E-state index in [2.05, 4.69) is 0 Å². The van der Waals surface area contributed by atoms with Crippen LogP contribution in [0.5, 0.6) is 0 Å². The number of aromatic nitrogens is 1. The molecule has 0 atom stereocenters.